The number of nitrogens with one attached hydrogen (secondary N) is 1. The van der Waals surface area contributed by atoms with Crippen molar-refractivity contribution in [1.29, 1.82) is 0 Å². The van der Waals surface area contributed by atoms with Gasteiger partial charge in [-0.3, -0.25) is 14.5 Å². The molecule has 0 saturated carbocycles. The fourth-order valence-corrected chi connectivity index (χ4v) is 1.87. The Labute approximate surface area is 104 Å². The third kappa shape index (κ3) is 4.30. The third-order valence-corrected chi connectivity index (χ3v) is 2.91. The van der Waals surface area contributed by atoms with Crippen LogP contribution in [0.4, 0.5) is 0 Å². The Hall–Kier alpha value is -1.16. The standard InChI is InChI=1S/C11H18N2O2.C2H6/c1-3-4-10(15)13(9-14)11(2)5-7-12-8-6-11;1-2/h3-4,9,12H,5-8H2,1-2H3;1-2H3/b4-3-;. The molecule has 2 amide bonds. The predicted molar refractivity (Wildman–Crippen MR) is 69.6 cm³/mol. The number of amides is 2. The first kappa shape index (κ1) is 15.8. The van der Waals surface area contributed by atoms with Crippen LogP contribution in [0.15, 0.2) is 12.2 Å². The lowest BCUT2D eigenvalue weighted by molar-refractivity contribution is -0.141. The normalized spacial score (nSPS) is 18.1. The zero-order valence-corrected chi connectivity index (χ0v) is 11.3. The maximum absolute atomic E-state index is 11.7. The molecule has 4 heteroatoms. The molecule has 0 aromatic heterocycles. The molecule has 1 fully saturated rings. The molecule has 0 aromatic carbocycles. The summed E-state index contributed by atoms with van der Waals surface area (Å²) in [5.41, 5.74) is -0.330. The molecule has 0 atom stereocenters. The fraction of sp³-hybridized carbons (Fsp3) is 0.692. The van der Waals surface area contributed by atoms with Crippen LogP contribution in [0.1, 0.15) is 40.5 Å². The Balaban J connectivity index is 0.00000121. The van der Waals surface area contributed by atoms with Crippen molar-refractivity contribution in [3.8, 4) is 0 Å². The van der Waals surface area contributed by atoms with Crippen molar-refractivity contribution < 1.29 is 9.59 Å². The lowest BCUT2D eigenvalue weighted by Crippen LogP contribution is -2.54. The Morgan fingerprint density at radius 3 is 2.24 bits per heavy atom. The fourth-order valence-electron chi connectivity index (χ4n) is 1.87. The first-order valence-corrected chi connectivity index (χ1v) is 6.26. The van der Waals surface area contributed by atoms with Gasteiger partial charge in [-0.2, -0.15) is 0 Å². The third-order valence-electron chi connectivity index (χ3n) is 2.91. The molecule has 1 aliphatic heterocycles. The van der Waals surface area contributed by atoms with Crippen LogP contribution in [-0.2, 0) is 9.59 Å². The molecule has 1 saturated heterocycles. The van der Waals surface area contributed by atoms with Crippen LogP contribution in [0.2, 0.25) is 0 Å². The molecule has 1 aliphatic rings. The van der Waals surface area contributed by atoms with Gasteiger partial charge in [0.2, 0.25) is 6.41 Å². The zero-order valence-electron chi connectivity index (χ0n) is 11.3. The molecule has 1 rings (SSSR count). The monoisotopic (exact) mass is 240 g/mol. The van der Waals surface area contributed by atoms with Gasteiger partial charge >= 0.3 is 0 Å². The Morgan fingerprint density at radius 2 is 1.82 bits per heavy atom. The lowest BCUT2D eigenvalue weighted by Gasteiger charge is -2.40. The van der Waals surface area contributed by atoms with E-state index in [0.717, 1.165) is 25.9 Å². The van der Waals surface area contributed by atoms with E-state index in [1.165, 1.54) is 11.0 Å². The van der Waals surface area contributed by atoms with Gasteiger partial charge in [-0.25, -0.2) is 0 Å². The highest BCUT2D eigenvalue weighted by molar-refractivity contribution is 5.95. The second kappa shape index (κ2) is 8.01. The van der Waals surface area contributed by atoms with Gasteiger partial charge in [0.15, 0.2) is 0 Å². The second-order valence-electron chi connectivity index (χ2n) is 4.06. The van der Waals surface area contributed by atoms with E-state index >= 15 is 0 Å². The summed E-state index contributed by atoms with van der Waals surface area (Å²) in [5, 5.41) is 3.22. The summed E-state index contributed by atoms with van der Waals surface area (Å²) in [5.74, 6) is -0.225. The van der Waals surface area contributed by atoms with Gasteiger partial charge < -0.3 is 5.32 Å². The number of allylic oxidation sites excluding steroid dienone is 1. The van der Waals surface area contributed by atoms with Gasteiger partial charge in [0.25, 0.3) is 5.91 Å². The number of carbonyl (C=O) groups excluding carboxylic acids is 2. The molecule has 0 bridgehead atoms. The SMILES string of the molecule is C/C=C\C(=O)N(C=O)C1(C)CCNCC1.CC. The average molecular weight is 240 g/mol. The van der Waals surface area contributed by atoms with E-state index in [0.29, 0.717) is 6.41 Å². The van der Waals surface area contributed by atoms with Crippen LogP contribution in [0.5, 0.6) is 0 Å². The Morgan fingerprint density at radius 1 is 1.29 bits per heavy atom. The quantitative estimate of drug-likeness (QED) is 0.603. The first-order chi connectivity index (χ1) is 8.14. The first-order valence-electron chi connectivity index (χ1n) is 6.26. The summed E-state index contributed by atoms with van der Waals surface area (Å²) >= 11 is 0. The molecule has 17 heavy (non-hydrogen) atoms. The average Bonchev–Trinajstić information content (AvgIpc) is 2.33. The molecule has 1 heterocycles. The van der Waals surface area contributed by atoms with E-state index in [4.69, 9.17) is 0 Å². The maximum atomic E-state index is 11.7. The van der Waals surface area contributed by atoms with Crippen molar-refractivity contribution in [3.63, 3.8) is 0 Å². The maximum Gasteiger partial charge on any atom is 0.253 e. The van der Waals surface area contributed by atoms with E-state index in [1.807, 2.05) is 20.8 Å². The van der Waals surface area contributed by atoms with Gasteiger partial charge in [0.05, 0.1) is 5.54 Å². The number of hydrogen-bond acceptors (Lipinski definition) is 3. The molecule has 0 spiro atoms. The van der Waals surface area contributed by atoms with Gasteiger partial charge in [-0.15, -0.1) is 0 Å². The highest BCUT2D eigenvalue weighted by Crippen LogP contribution is 2.24. The van der Waals surface area contributed by atoms with Gasteiger partial charge in [0, 0.05) is 0 Å². The molecular weight excluding hydrogens is 216 g/mol. The van der Waals surface area contributed by atoms with Gasteiger partial charge in [-0.1, -0.05) is 19.9 Å². The van der Waals surface area contributed by atoms with Gasteiger partial charge in [-0.05, 0) is 45.9 Å². The largest absolute Gasteiger partial charge is 0.317 e. The Kier molecular flexibility index (Phi) is 7.46. The highest BCUT2D eigenvalue weighted by Gasteiger charge is 2.35. The molecule has 4 nitrogen and oxygen atoms in total. The van der Waals surface area contributed by atoms with Crippen LogP contribution in [0.3, 0.4) is 0 Å². The van der Waals surface area contributed by atoms with E-state index in [1.54, 1.807) is 13.0 Å². The van der Waals surface area contributed by atoms with Crippen molar-refractivity contribution in [2.45, 2.75) is 46.1 Å². The highest BCUT2D eigenvalue weighted by atomic mass is 16.2. The summed E-state index contributed by atoms with van der Waals surface area (Å²) < 4.78 is 0. The number of piperidine rings is 1. The summed E-state index contributed by atoms with van der Waals surface area (Å²) in [6, 6.07) is 0. The van der Waals surface area contributed by atoms with Crippen LogP contribution in [-0.4, -0.2) is 35.8 Å². The van der Waals surface area contributed by atoms with Crippen molar-refractivity contribution in [2.75, 3.05) is 13.1 Å². The topological polar surface area (TPSA) is 49.4 Å². The minimum atomic E-state index is -0.330. The zero-order chi connectivity index (χ0) is 13.3. The lowest BCUT2D eigenvalue weighted by atomic mass is 9.89. The van der Waals surface area contributed by atoms with Crippen molar-refractivity contribution >= 4 is 12.3 Å². The van der Waals surface area contributed by atoms with E-state index in [-0.39, 0.29) is 11.4 Å². The smallest absolute Gasteiger partial charge is 0.253 e. The molecule has 1 N–H and O–H groups in total. The predicted octanol–water partition coefficient (Wildman–Crippen LogP) is 1.72. The minimum Gasteiger partial charge on any atom is -0.317 e. The van der Waals surface area contributed by atoms with Gasteiger partial charge in [0.1, 0.15) is 0 Å². The summed E-state index contributed by atoms with van der Waals surface area (Å²) in [7, 11) is 0. The Bertz CT molecular complexity index is 269. The van der Waals surface area contributed by atoms with Crippen LogP contribution in [0.25, 0.3) is 0 Å². The number of hydrogen-bond donors (Lipinski definition) is 1. The van der Waals surface area contributed by atoms with Crippen LogP contribution >= 0.6 is 0 Å². The number of nitrogens with zero attached hydrogens (tertiary/aromatic N) is 1. The number of rotatable bonds is 3. The van der Waals surface area contributed by atoms with Crippen molar-refractivity contribution in [1.82, 2.24) is 10.2 Å². The molecular formula is C13H24N2O2. The molecule has 0 radical (unpaired) electrons. The van der Waals surface area contributed by atoms with E-state index < -0.39 is 0 Å². The second-order valence-corrected chi connectivity index (χ2v) is 4.06. The van der Waals surface area contributed by atoms with E-state index in [9.17, 15) is 9.59 Å². The van der Waals surface area contributed by atoms with Crippen LogP contribution in [0, 0.1) is 0 Å². The summed E-state index contributed by atoms with van der Waals surface area (Å²) in [6.45, 7) is 9.43. The number of carbonyl (C=O) groups is 2. The molecule has 0 aromatic rings. The summed E-state index contributed by atoms with van der Waals surface area (Å²) in [6.07, 6.45) is 5.36. The number of imide groups is 1. The molecule has 98 valence electrons. The van der Waals surface area contributed by atoms with Crippen molar-refractivity contribution in [3.05, 3.63) is 12.2 Å². The molecule has 0 aliphatic carbocycles. The molecule has 0 unspecified atom stereocenters. The van der Waals surface area contributed by atoms with E-state index in [2.05, 4.69) is 5.32 Å². The minimum absolute atomic E-state index is 0.225. The van der Waals surface area contributed by atoms with Crippen LogP contribution < -0.4 is 5.32 Å². The summed E-state index contributed by atoms with van der Waals surface area (Å²) in [4.78, 5) is 24.0. The van der Waals surface area contributed by atoms with Crippen molar-refractivity contribution in [2.24, 2.45) is 0 Å².